The maximum atomic E-state index is 12.6. The van der Waals surface area contributed by atoms with E-state index in [1.807, 2.05) is 6.92 Å². The average molecular weight is 410 g/mol. The van der Waals surface area contributed by atoms with Crippen molar-refractivity contribution in [1.29, 1.82) is 0 Å². The molecule has 0 radical (unpaired) electrons. The predicted octanol–water partition coefficient (Wildman–Crippen LogP) is 2.37. The molecule has 156 valence electrons. The van der Waals surface area contributed by atoms with Crippen LogP contribution in [0.4, 0.5) is 5.69 Å². The maximum absolute atomic E-state index is 12.6. The molecular weight excluding hydrogens is 378 g/mol. The van der Waals surface area contributed by atoms with Crippen LogP contribution in [0.1, 0.15) is 47.0 Å². The van der Waals surface area contributed by atoms with Crippen LogP contribution in [0.2, 0.25) is 0 Å². The molecule has 1 aliphatic rings. The SMILES string of the molecule is CCCC(C)NC(=O)C1CC(=O)N(c2ccc(S(=O)(=O)N(CC)CC)cc2)C1. The number of rotatable bonds is 9. The second-order valence-corrected chi connectivity index (χ2v) is 9.12. The monoisotopic (exact) mass is 409 g/mol. The summed E-state index contributed by atoms with van der Waals surface area (Å²) in [4.78, 5) is 26.6. The number of nitrogens with one attached hydrogen (secondary N) is 1. The van der Waals surface area contributed by atoms with Gasteiger partial charge in [-0.3, -0.25) is 9.59 Å². The first kappa shape index (κ1) is 22.4. The van der Waals surface area contributed by atoms with Crippen LogP contribution < -0.4 is 10.2 Å². The van der Waals surface area contributed by atoms with Gasteiger partial charge in [-0.15, -0.1) is 0 Å². The highest BCUT2D eigenvalue weighted by atomic mass is 32.2. The Balaban J connectivity index is 2.10. The maximum Gasteiger partial charge on any atom is 0.243 e. The number of carbonyl (C=O) groups is 2. The average Bonchev–Trinajstić information content (AvgIpc) is 3.04. The Bertz CT molecular complexity index is 788. The van der Waals surface area contributed by atoms with Gasteiger partial charge in [-0.2, -0.15) is 4.31 Å². The van der Waals surface area contributed by atoms with E-state index in [1.54, 1.807) is 30.9 Å². The molecule has 8 heteroatoms. The molecule has 7 nitrogen and oxygen atoms in total. The first-order chi connectivity index (χ1) is 13.2. The molecule has 1 aromatic carbocycles. The highest BCUT2D eigenvalue weighted by Gasteiger charge is 2.35. The van der Waals surface area contributed by atoms with Gasteiger partial charge in [-0.1, -0.05) is 27.2 Å². The van der Waals surface area contributed by atoms with Crippen molar-refractivity contribution in [2.24, 2.45) is 5.92 Å². The van der Waals surface area contributed by atoms with Crippen LogP contribution in [0, 0.1) is 5.92 Å². The molecule has 1 fully saturated rings. The zero-order valence-corrected chi connectivity index (χ0v) is 18.0. The number of hydrogen-bond acceptors (Lipinski definition) is 4. The lowest BCUT2D eigenvalue weighted by Gasteiger charge is -2.20. The summed E-state index contributed by atoms with van der Waals surface area (Å²) in [5.41, 5.74) is 0.611. The Kier molecular flexibility index (Phi) is 7.60. The van der Waals surface area contributed by atoms with E-state index < -0.39 is 10.0 Å². The van der Waals surface area contributed by atoms with Gasteiger partial charge in [-0.25, -0.2) is 8.42 Å². The molecule has 0 aliphatic carbocycles. The van der Waals surface area contributed by atoms with Gasteiger partial charge in [0.25, 0.3) is 0 Å². The third-order valence-corrected chi connectivity index (χ3v) is 7.16. The van der Waals surface area contributed by atoms with Crippen molar-refractivity contribution in [2.45, 2.75) is 57.9 Å². The molecule has 0 aromatic heterocycles. The van der Waals surface area contributed by atoms with Crippen molar-refractivity contribution in [3.05, 3.63) is 24.3 Å². The third kappa shape index (κ3) is 4.91. The van der Waals surface area contributed by atoms with Crippen LogP contribution in [0.3, 0.4) is 0 Å². The fraction of sp³-hybridized carbons (Fsp3) is 0.600. The third-order valence-electron chi connectivity index (χ3n) is 5.10. The quantitative estimate of drug-likeness (QED) is 0.678. The summed E-state index contributed by atoms with van der Waals surface area (Å²) in [6, 6.07) is 6.40. The normalized spacial score (nSPS) is 18.5. The van der Waals surface area contributed by atoms with E-state index in [0.29, 0.717) is 25.3 Å². The van der Waals surface area contributed by atoms with Crippen LogP contribution in [0.25, 0.3) is 0 Å². The summed E-state index contributed by atoms with van der Waals surface area (Å²) in [6.07, 6.45) is 2.06. The largest absolute Gasteiger partial charge is 0.353 e. The van der Waals surface area contributed by atoms with Gasteiger partial charge in [0.05, 0.1) is 10.8 Å². The lowest BCUT2D eigenvalue weighted by atomic mass is 10.1. The lowest BCUT2D eigenvalue weighted by molar-refractivity contribution is -0.126. The van der Waals surface area contributed by atoms with E-state index in [-0.39, 0.29) is 35.1 Å². The molecule has 1 aliphatic heterocycles. The van der Waals surface area contributed by atoms with Crippen molar-refractivity contribution >= 4 is 27.5 Å². The fourth-order valence-electron chi connectivity index (χ4n) is 3.51. The van der Waals surface area contributed by atoms with Crippen LogP contribution in [-0.2, 0) is 19.6 Å². The van der Waals surface area contributed by atoms with Crippen LogP contribution in [0.15, 0.2) is 29.2 Å². The Hall–Kier alpha value is -1.93. The molecular formula is C20H31N3O4S. The predicted molar refractivity (Wildman–Crippen MR) is 110 cm³/mol. The Morgan fingerprint density at radius 3 is 2.36 bits per heavy atom. The van der Waals surface area contributed by atoms with Crippen molar-refractivity contribution in [3.8, 4) is 0 Å². The minimum absolute atomic E-state index is 0.0891. The van der Waals surface area contributed by atoms with E-state index in [2.05, 4.69) is 12.2 Å². The molecule has 0 spiro atoms. The standard InChI is InChI=1S/C20H31N3O4S/c1-5-8-15(4)21-20(25)16-13-19(24)23(14-16)17-9-11-18(12-10-17)28(26,27)22(6-2)7-3/h9-12,15-16H,5-8,13-14H2,1-4H3,(H,21,25). The number of nitrogens with zero attached hydrogens (tertiary/aromatic N) is 2. The van der Waals surface area contributed by atoms with Gasteiger partial charge < -0.3 is 10.2 Å². The molecule has 2 amide bonds. The number of sulfonamides is 1. The first-order valence-electron chi connectivity index (χ1n) is 9.95. The smallest absolute Gasteiger partial charge is 0.243 e. The zero-order valence-electron chi connectivity index (χ0n) is 17.1. The van der Waals surface area contributed by atoms with Crippen LogP contribution in [-0.4, -0.2) is 50.2 Å². The second kappa shape index (κ2) is 9.52. The van der Waals surface area contributed by atoms with Gasteiger partial charge in [0, 0.05) is 37.8 Å². The number of benzene rings is 1. The van der Waals surface area contributed by atoms with Crippen molar-refractivity contribution in [1.82, 2.24) is 9.62 Å². The summed E-state index contributed by atoms with van der Waals surface area (Å²) in [5.74, 6) is -0.605. The Morgan fingerprint density at radius 1 is 1.21 bits per heavy atom. The van der Waals surface area contributed by atoms with E-state index in [4.69, 9.17) is 0 Å². The minimum Gasteiger partial charge on any atom is -0.353 e. The molecule has 2 rings (SSSR count). The number of hydrogen-bond donors (Lipinski definition) is 1. The molecule has 28 heavy (non-hydrogen) atoms. The van der Waals surface area contributed by atoms with Gasteiger partial charge in [0.1, 0.15) is 0 Å². The van der Waals surface area contributed by atoms with E-state index in [1.165, 1.54) is 16.4 Å². The summed E-state index contributed by atoms with van der Waals surface area (Å²) < 4.78 is 26.6. The van der Waals surface area contributed by atoms with Gasteiger partial charge in [0.15, 0.2) is 0 Å². The van der Waals surface area contributed by atoms with Crippen molar-refractivity contribution < 1.29 is 18.0 Å². The van der Waals surface area contributed by atoms with Crippen molar-refractivity contribution in [2.75, 3.05) is 24.5 Å². The molecule has 2 atom stereocenters. The lowest BCUT2D eigenvalue weighted by Crippen LogP contribution is -2.38. The second-order valence-electron chi connectivity index (χ2n) is 7.19. The Labute approximate surface area is 168 Å². The van der Waals surface area contributed by atoms with E-state index in [0.717, 1.165) is 12.8 Å². The van der Waals surface area contributed by atoms with Gasteiger partial charge >= 0.3 is 0 Å². The minimum atomic E-state index is -3.53. The summed E-state index contributed by atoms with van der Waals surface area (Å²) in [5, 5.41) is 2.97. The number of amides is 2. The zero-order chi connectivity index (χ0) is 20.9. The molecule has 0 saturated carbocycles. The highest BCUT2D eigenvalue weighted by molar-refractivity contribution is 7.89. The molecule has 0 bridgehead atoms. The van der Waals surface area contributed by atoms with E-state index in [9.17, 15) is 18.0 Å². The molecule has 1 N–H and O–H groups in total. The van der Waals surface area contributed by atoms with E-state index >= 15 is 0 Å². The number of carbonyl (C=O) groups excluding carboxylic acids is 2. The molecule has 1 heterocycles. The van der Waals surface area contributed by atoms with Crippen molar-refractivity contribution in [3.63, 3.8) is 0 Å². The molecule has 1 aromatic rings. The molecule has 1 saturated heterocycles. The first-order valence-corrected chi connectivity index (χ1v) is 11.4. The number of anilines is 1. The topological polar surface area (TPSA) is 86.8 Å². The summed E-state index contributed by atoms with van der Waals surface area (Å²) in [7, 11) is -3.53. The van der Waals surface area contributed by atoms with Gasteiger partial charge in [0.2, 0.25) is 21.8 Å². The van der Waals surface area contributed by atoms with Crippen LogP contribution in [0.5, 0.6) is 0 Å². The highest BCUT2D eigenvalue weighted by Crippen LogP contribution is 2.27. The summed E-state index contributed by atoms with van der Waals surface area (Å²) >= 11 is 0. The van der Waals surface area contributed by atoms with Gasteiger partial charge in [-0.05, 0) is 37.6 Å². The fourth-order valence-corrected chi connectivity index (χ4v) is 4.97. The van der Waals surface area contributed by atoms with Crippen LogP contribution >= 0.6 is 0 Å². The molecule has 2 unspecified atom stereocenters. The summed E-state index contributed by atoms with van der Waals surface area (Å²) in [6.45, 7) is 8.73. The Morgan fingerprint density at radius 2 is 1.82 bits per heavy atom.